The lowest BCUT2D eigenvalue weighted by molar-refractivity contribution is -0.137. The van der Waals surface area contributed by atoms with Crippen molar-refractivity contribution in [2.45, 2.75) is 24.6 Å². The number of fused-ring (bicyclic) bond motifs is 2. The van der Waals surface area contributed by atoms with Crippen molar-refractivity contribution in [1.82, 2.24) is 5.32 Å². The molecule has 1 spiro atoms. The minimum atomic E-state index is -4.43. The number of amides is 1. The lowest BCUT2D eigenvalue weighted by Gasteiger charge is -2.41. The summed E-state index contributed by atoms with van der Waals surface area (Å²) in [7, 11) is 0. The second kappa shape index (κ2) is 4.37. The Hall–Kier alpha value is -1.76. The standard InChI is InChI=1S/C13H13F3N2O2/c14-13(15,16)8-1-2-9-10(7-8)18-11(19)20-12(9)3-5-17-6-4-12/h1-2,7,17H,3-6H2,(H,18,19). The number of alkyl halides is 3. The largest absolute Gasteiger partial charge is 0.438 e. The van der Waals surface area contributed by atoms with E-state index in [0.717, 1.165) is 12.1 Å². The van der Waals surface area contributed by atoms with Crippen molar-refractivity contribution in [3.8, 4) is 0 Å². The zero-order valence-corrected chi connectivity index (χ0v) is 10.5. The van der Waals surface area contributed by atoms with Crippen LogP contribution in [-0.2, 0) is 16.5 Å². The van der Waals surface area contributed by atoms with Crippen LogP contribution < -0.4 is 10.6 Å². The molecule has 20 heavy (non-hydrogen) atoms. The Morgan fingerprint density at radius 2 is 1.90 bits per heavy atom. The highest BCUT2D eigenvalue weighted by Crippen LogP contribution is 2.44. The maximum atomic E-state index is 12.7. The molecule has 0 saturated carbocycles. The first-order valence-corrected chi connectivity index (χ1v) is 6.33. The molecule has 1 amide bonds. The number of carbonyl (C=O) groups is 1. The molecular formula is C13H13F3N2O2. The molecule has 2 aliphatic rings. The van der Waals surface area contributed by atoms with Crippen LogP contribution in [0.4, 0.5) is 23.7 Å². The van der Waals surface area contributed by atoms with Crippen LogP contribution in [0, 0.1) is 0 Å². The molecule has 108 valence electrons. The molecule has 1 aromatic carbocycles. The summed E-state index contributed by atoms with van der Waals surface area (Å²) in [6.07, 6.45) is -4.02. The van der Waals surface area contributed by atoms with E-state index in [-0.39, 0.29) is 5.69 Å². The molecule has 2 N–H and O–H groups in total. The molecule has 0 aromatic heterocycles. The normalized spacial score (nSPS) is 21.1. The van der Waals surface area contributed by atoms with Crippen molar-refractivity contribution >= 4 is 11.8 Å². The molecule has 0 atom stereocenters. The third-order valence-corrected chi connectivity index (χ3v) is 3.77. The van der Waals surface area contributed by atoms with E-state index >= 15 is 0 Å². The van der Waals surface area contributed by atoms with E-state index in [1.54, 1.807) is 0 Å². The van der Waals surface area contributed by atoms with E-state index in [2.05, 4.69) is 10.6 Å². The number of hydrogen-bond donors (Lipinski definition) is 2. The van der Waals surface area contributed by atoms with E-state index in [1.165, 1.54) is 6.07 Å². The summed E-state index contributed by atoms with van der Waals surface area (Å²) < 4.78 is 43.6. The summed E-state index contributed by atoms with van der Waals surface area (Å²) in [5, 5.41) is 5.51. The molecule has 2 heterocycles. The second-order valence-electron chi connectivity index (χ2n) is 5.02. The van der Waals surface area contributed by atoms with Crippen molar-refractivity contribution in [1.29, 1.82) is 0 Å². The maximum absolute atomic E-state index is 12.7. The van der Waals surface area contributed by atoms with Gasteiger partial charge in [0.25, 0.3) is 0 Å². The first-order chi connectivity index (χ1) is 9.41. The van der Waals surface area contributed by atoms with Crippen molar-refractivity contribution in [3.05, 3.63) is 29.3 Å². The Balaban J connectivity index is 2.07. The van der Waals surface area contributed by atoms with E-state index in [9.17, 15) is 18.0 Å². The predicted molar refractivity (Wildman–Crippen MR) is 65.3 cm³/mol. The summed E-state index contributed by atoms with van der Waals surface area (Å²) in [6, 6.07) is 3.41. The van der Waals surface area contributed by atoms with Crippen LogP contribution in [0.1, 0.15) is 24.0 Å². The Morgan fingerprint density at radius 1 is 1.20 bits per heavy atom. The van der Waals surface area contributed by atoms with E-state index in [4.69, 9.17) is 4.74 Å². The second-order valence-corrected chi connectivity index (χ2v) is 5.02. The molecule has 0 aliphatic carbocycles. The van der Waals surface area contributed by atoms with Crippen molar-refractivity contribution in [2.75, 3.05) is 18.4 Å². The lowest BCUT2D eigenvalue weighted by Crippen LogP contribution is -2.46. The molecule has 1 aromatic rings. The van der Waals surface area contributed by atoms with Gasteiger partial charge in [0.15, 0.2) is 0 Å². The Bertz CT molecular complexity index is 551. The van der Waals surface area contributed by atoms with Crippen LogP contribution in [0.15, 0.2) is 18.2 Å². The highest BCUT2D eigenvalue weighted by atomic mass is 19.4. The minimum absolute atomic E-state index is 0.193. The Labute approximate surface area is 113 Å². The number of carbonyl (C=O) groups excluding carboxylic acids is 1. The first kappa shape index (κ1) is 13.2. The number of piperidine rings is 1. The topological polar surface area (TPSA) is 50.4 Å². The zero-order chi connectivity index (χ0) is 14.4. The van der Waals surface area contributed by atoms with Crippen molar-refractivity contribution in [3.63, 3.8) is 0 Å². The van der Waals surface area contributed by atoms with Crippen LogP contribution in [0.5, 0.6) is 0 Å². The minimum Gasteiger partial charge on any atom is -0.438 e. The molecule has 1 fully saturated rings. The fraction of sp³-hybridized carbons (Fsp3) is 0.462. The fourth-order valence-corrected chi connectivity index (χ4v) is 2.79. The van der Waals surface area contributed by atoms with Gasteiger partial charge in [0.1, 0.15) is 5.60 Å². The molecule has 0 bridgehead atoms. The quantitative estimate of drug-likeness (QED) is 0.771. The SMILES string of the molecule is O=C1Nc2cc(C(F)(F)F)ccc2C2(CCNCC2)O1. The van der Waals surface area contributed by atoms with Crippen molar-refractivity contribution < 1.29 is 22.7 Å². The predicted octanol–water partition coefficient (Wildman–Crippen LogP) is 2.85. The van der Waals surface area contributed by atoms with Crippen LogP contribution in [-0.4, -0.2) is 19.2 Å². The van der Waals surface area contributed by atoms with Gasteiger partial charge in [-0.2, -0.15) is 13.2 Å². The Kier molecular flexibility index (Phi) is 2.89. The number of benzene rings is 1. The number of nitrogens with one attached hydrogen (secondary N) is 2. The highest BCUT2D eigenvalue weighted by molar-refractivity contribution is 5.89. The number of rotatable bonds is 0. The van der Waals surface area contributed by atoms with Gasteiger partial charge in [-0.05, 0) is 25.2 Å². The molecule has 0 unspecified atom stereocenters. The number of hydrogen-bond acceptors (Lipinski definition) is 3. The third-order valence-electron chi connectivity index (χ3n) is 3.77. The molecule has 1 saturated heterocycles. The average Bonchev–Trinajstić information content (AvgIpc) is 2.37. The average molecular weight is 286 g/mol. The van der Waals surface area contributed by atoms with Gasteiger partial charge >= 0.3 is 12.3 Å². The smallest absolute Gasteiger partial charge is 0.416 e. The molecule has 4 nitrogen and oxygen atoms in total. The van der Waals surface area contributed by atoms with Gasteiger partial charge in [-0.3, -0.25) is 5.32 Å². The van der Waals surface area contributed by atoms with Gasteiger partial charge in [-0.15, -0.1) is 0 Å². The maximum Gasteiger partial charge on any atom is 0.416 e. The molecular weight excluding hydrogens is 273 g/mol. The summed E-state index contributed by atoms with van der Waals surface area (Å²) in [5.74, 6) is 0. The van der Waals surface area contributed by atoms with Gasteiger partial charge in [-0.1, -0.05) is 6.07 Å². The number of halogens is 3. The summed E-state index contributed by atoms with van der Waals surface area (Å²) in [6.45, 7) is 1.32. The zero-order valence-electron chi connectivity index (χ0n) is 10.5. The van der Waals surface area contributed by atoms with Crippen LogP contribution in [0.3, 0.4) is 0 Å². The molecule has 2 aliphatic heterocycles. The van der Waals surface area contributed by atoms with Crippen LogP contribution >= 0.6 is 0 Å². The van der Waals surface area contributed by atoms with Gasteiger partial charge in [-0.25, -0.2) is 4.79 Å². The van der Waals surface area contributed by atoms with Gasteiger partial charge < -0.3 is 10.1 Å². The third kappa shape index (κ3) is 2.11. The van der Waals surface area contributed by atoms with E-state index < -0.39 is 23.4 Å². The molecule has 7 heteroatoms. The molecule has 0 radical (unpaired) electrons. The van der Waals surface area contributed by atoms with E-state index in [0.29, 0.717) is 31.5 Å². The monoisotopic (exact) mass is 286 g/mol. The first-order valence-electron chi connectivity index (χ1n) is 6.33. The highest BCUT2D eigenvalue weighted by Gasteiger charge is 2.44. The van der Waals surface area contributed by atoms with Gasteiger partial charge in [0.2, 0.25) is 0 Å². The summed E-state index contributed by atoms with van der Waals surface area (Å²) in [4.78, 5) is 11.6. The van der Waals surface area contributed by atoms with Crippen LogP contribution in [0.2, 0.25) is 0 Å². The van der Waals surface area contributed by atoms with Crippen molar-refractivity contribution in [2.24, 2.45) is 0 Å². The number of anilines is 1. The molecule has 3 rings (SSSR count). The Morgan fingerprint density at radius 3 is 2.55 bits per heavy atom. The van der Waals surface area contributed by atoms with Crippen LogP contribution in [0.25, 0.3) is 0 Å². The summed E-state index contributed by atoms with van der Waals surface area (Å²) >= 11 is 0. The summed E-state index contributed by atoms with van der Waals surface area (Å²) in [5.41, 5.74) is -0.778. The fourth-order valence-electron chi connectivity index (χ4n) is 2.79. The van der Waals surface area contributed by atoms with Gasteiger partial charge in [0.05, 0.1) is 11.3 Å². The van der Waals surface area contributed by atoms with Gasteiger partial charge in [0, 0.05) is 18.4 Å². The number of ether oxygens (including phenoxy) is 1. The lowest BCUT2D eigenvalue weighted by atomic mass is 9.82. The van der Waals surface area contributed by atoms with E-state index in [1.807, 2.05) is 0 Å².